The van der Waals surface area contributed by atoms with E-state index in [0.717, 1.165) is 18.0 Å². The molecule has 1 heteroatoms. The monoisotopic (exact) mass is 215 g/mol. The van der Waals surface area contributed by atoms with Crippen molar-refractivity contribution in [2.24, 2.45) is 5.92 Å². The maximum Gasteiger partial charge on any atom is 0.0352 e. The summed E-state index contributed by atoms with van der Waals surface area (Å²) >= 11 is 0. The Balaban J connectivity index is 2.33. The lowest BCUT2D eigenvalue weighted by molar-refractivity contribution is 0.662. The molecule has 2 N–H and O–H groups in total. The predicted octanol–water partition coefficient (Wildman–Crippen LogP) is 4.03. The molecule has 0 amide bonds. The highest BCUT2D eigenvalue weighted by Crippen LogP contribution is 2.34. The van der Waals surface area contributed by atoms with Gasteiger partial charge < -0.3 is 5.73 Å². The Morgan fingerprint density at radius 1 is 1.31 bits per heavy atom. The van der Waals surface area contributed by atoms with E-state index in [1.807, 2.05) is 6.07 Å². The van der Waals surface area contributed by atoms with E-state index in [1.54, 1.807) is 0 Å². The van der Waals surface area contributed by atoms with E-state index in [1.165, 1.54) is 36.0 Å². The molecular weight excluding hydrogens is 194 g/mol. The van der Waals surface area contributed by atoms with Gasteiger partial charge in [0.1, 0.15) is 0 Å². The van der Waals surface area contributed by atoms with Gasteiger partial charge >= 0.3 is 0 Å². The number of allylic oxidation sites excluding steroid dienone is 2. The highest BCUT2D eigenvalue weighted by atomic mass is 14.6. The minimum atomic E-state index is 0.735. The Bertz CT molecular complexity index is 402. The van der Waals surface area contributed by atoms with Gasteiger partial charge in [0.2, 0.25) is 0 Å². The molecule has 0 bridgehead atoms. The molecule has 0 aliphatic heterocycles. The summed E-state index contributed by atoms with van der Waals surface area (Å²) in [7, 11) is 0. The quantitative estimate of drug-likeness (QED) is 0.740. The number of hydrogen-bond acceptors (Lipinski definition) is 1. The Kier molecular flexibility index (Phi) is 3.33. The molecule has 16 heavy (non-hydrogen) atoms. The standard InChI is InChI=1S/C15H21N/c1-11(2)9-10-12-5-3-7-14-13(12)6-4-8-15(14)16/h4,6,8,10-11H,3,5,7,9,16H2,1-2H3/b12-10+. The third-order valence-electron chi connectivity index (χ3n) is 3.27. The molecule has 0 unspecified atom stereocenters. The molecule has 0 heterocycles. The minimum absolute atomic E-state index is 0.735. The summed E-state index contributed by atoms with van der Waals surface area (Å²) in [5, 5.41) is 0. The largest absolute Gasteiger partial charge is 0.398 e. The van der Waals surface area contributed by atoms with Crippen LogP contribution in [0.5, 0.6) is 0 Å². The molecule has 1 aliphatic rings. The SMILES string of the molecule is CC(C)C/C=C1\CCCc2c(N)cccc21. The van der Waals surface area contributed by atoms with E-state index in [-0.39, 0.29) is 0 Å². The topological polar surface area (TPSA) is 26.0 Å². The first-order valence-electron chi connectivity index (χ1n) is 6.25. The van der Waals surface area contributed by atoms with E-state index in [9.17, 15) is 0 Å². The van der Waals surface area contributed by atoms with Gasteiger partial charge in [-0.1, -0.05) is 32.1 Å². The van der Waals surface area contributed by atoms with Crippen LogP contribution in [0.15, 0.2) is 24.3 Å². The van der Waals surface area contributed by atoms with Crippen LogP contribution in [-0.4, -0.2) is 0 Å². The lowest BCUT2D eigenvalue weighted by Crippen LogP contribution is -2.05. The van der Waals surface area contributed by atoms with Crippen molar-refractivity contribution < 1.29 is 0 Å². The van der Waals surface area contributed by atoms with Crippen LogP contribution < -0.4 is 5.73 Å². The van der Waals surface area contributed by atoms with Gasteiger partial charge in [0.25, 0.3) is 0 Å². The summed E-state index contributed by atoms with van der Waals surface area (Å²) in [6.45, 7) is 4.53. The fourth-order valence-electron chi connectivity index (χ4n) is 2.36. The minimum Gasteiger partial charge on any atom is -0.398 e. The van der Waals surface area contributed by atoms with Gasteiger partial charge in [-0.15, -0.1) is 0 Å². The van der Waals surface area contributed by atoms with Crippen molar-refractivity contribution in [2.45, 2.75) is 39.5 Å². The van der Waals surface area contributed by atoms with Crippen molar-refractivity contribution in [1.29, 1.82) is 0 Å². The van der Waals surface area contributed by atoms with Crippen LogP contribution in [0.4, 0.5) is 5.69 Å². The predicted molar refractivity (Wildman–Crippen MR) is 71.2 cm³/mol. The van der Waals surface area contributed by atoms with E-state index in [0.29, 0.717) is 0 Å². The van der Waals surface area contributed by atoms with Crippen molar-refractivity contribution in [3.05, 3.63) is 35.4 Å². The Labute approximate surface area is 98.4 Å². The molecule has 1 aromatic carbocycles. The number of fused-ring (bicyclic) bond motifs is 1. The second-order valence-corrected chi connectivity index (χ2v) is 5.09. The zero-order valence-electron chi connectivity index (χ0n) is 10.3. The highest BCUT2D eigenvalue weighted by molar-refractivity contribution is 5.74. The Morgan fingerprint density at radius 3 is 2.88 bits per heavy atom. The lowest BCUT2D eigenvalue weighted by Gasteiger charge is -2.21. The van der Waals surface area contributed by atoms with Gasteiger partial charge in [-0.05, 0) is 54.4 Å². The average molecular weight is 215 g/mol. The molecule has 0 saturated carbocycles. The molecule has 0 fully saturated rings. The van der Waals surface area contributed by atoms with Gasteiger partial charge in [0.15, 0.2) is 0 Å². The van der Waals surface area contributed by atoms with Crippen LogP contribution in [-0.2, 0) is 6.42 Å². The smallest absolute Gasteiger partial charge is 0.0352 e. The summed E-state index contributed by atoms with van der Waals surface area (Å²) in [5.41, 5.74) is 11.3. The number of hydrogen-bond donors (Lipinski definition) is 1. The fraction of sp³-hybridized carbons (Fsp3) is 0.467. The van der Waals surface area contributed by atoms with Crippen LogP contribution in [0.1, 0.15) is 44.2 Å². The van der Waals surface area contributed by atoms with Crippen LogP contribution in [0, 0.1) is 5.92 Å². The second-order valence-electron chi connectivity index (χ2n) is 5.09. The van der Waals surface area contributed by atoms with E-state index in [4.69, 9.17) is 5.73 Å². The molecule has 2 rings (SSSR count). The molecule has 1 aromatic rings. The molecule has 0 radical (unpaired) electrons. The molecule has 86 valence electrons. The van der Waals surface area contributed by atoms with Crippen LogP contribution in [0.25, 0.3) is 5.57 Å². The van der Waals surface area contributed by atoms with Gasteiger partial charge in [-0.2, -0.15) is 0 Å². The van der Waals surface area contributed by atoms with Crippen molar-refractivity contribution >= 4 is 11.3 Å². The van der Waals surface area contributed by atoms with Crippen molar-refractivity contribution in [1.82, 2.24) is 0 Å². The number of benzene rings is 1. The van der Waals surface area contributed by atoms with Crippen molar-refractivity contribution in [3.8, 4) is 0 Å². The molecule has 0 aromatic heterocycles. The maximum absolute atomic E-state index is 6.03. The maximum atomic E-state index is 6.03. The normalized spacial score (nSPS) is 17.8. The number of nitrogen functional groups attached to an aromatic ring is 1. The van der Waals surface area contributed by atoms with Crippen molar-refractivity contribution in [3.63, 3.8) is 0 Å². The van der Waals surface area contributed by atoms with Gasteiger partial charge in [-0.3, -0.25) is 0 Å². The van der Waals surface area contributed by atoms with E-state index >= 15 is 0 Å². The first-order valence-corrected chi connectivity index (χ1v) is 6.25. The lowest BCUT2D eigenvalue weighted by atomic mass is 9.85. The zero-order chi connectivity index (χ0) is 11.5. The van der Waals surface area contributed by atoms with Crippen molar-refractivity contribution in [2.75, 3.05) is 5.73 Å². The van der Waals surface area contributed by atoms with E-state index < -0.39 is 0 Å². The molecular formula is C15H21N. The fourth-order valence-corrected chi connectivity index (χ4v) is 2.36. The average Bonchev–Trinajstić information content (AvgIpc) is 2.27. The molecule has 1 nitrogen and oxygen atoms in total. The Hall–Kier alpha value is -1.24. The summed E-state index contributed by atoms with van der Waals surface area (Å²) < 4.78 is 0. The summed E-state index contributed by atoms with van der Waals surface area (Å²) in [6, 6.07) is 6.31. The number of rotatable bonds is 2. The number of anilines is 1. The molecule has 0 spiro atoms. The highest BCUT2D eigenvalue weighted by Gasteiger charge is 2.15. The number of nitrogens with two attached hydrogens (primary N) is 1. The summed E-state index contributed by atoms with van der Waals surface area (Å²) in [5.74, 6) is 0.735. The van der Waals surface area contributed by atoms with E-state index in [2.05, 4.69) is 32.1 Å². The van der Waals surface area contributed by atoms with Crippen LogP contribution in [0.2, 0.25) is 0 Å². The third kappa shape index (κ3) is 2.29. The van der Waals surface area contributed by atoms with Crippen LogP contribution in [0.3, 0.4) is 0 Å². The van der Waals surface area contributed by atoms with Gasteiger partial charge in [-0.25, -0.2) is 0 Å². The molecule has 0 saturated heterocycles. The Morgan fingerprint density at radius 2 is 2.12 bits per heavy atom. The first-order chi connectivity index (χ1) is 7.68. The van der Waals surface area contributed by atoms with Gasteiger partial charge in [0, 0.05) is 5.69 Å². The zero-order valence-corrected chi connectivity index (χ0v) is 10.3. The first kappa shape index (κ1) is 11.3. The van der Waals surface area contributed by atoms with Gasteiger partial charge in [0.05, 0.1) is 0 Å². The molecule has 1 aliphatic carbocycles. The third-order valence-corrected chi connectivity index (χ3v) is 3.27. The summed E-state index contributed by atoms with van der Waals surface area (Å²) in [4.78, 5) is 0. The second kappa shape index (κ2) is 4.73. The van der Waals surface area contributed by atoms with Crippen LogP contribution >= 0.6 is 0 Å². The summed E-state index contributed by atoms with van der Waals surface area (Å²) in [6.07, 6.45) is 7.17. The molecule has 0 atom stereocenters.